The molecule has 0 unspecified atom stereocenters. The van der Waals surface area contributed by atoms with Crippen LogP contribution in [-0.2, 0) is 12.7 Å². The van der Waals surface area contributed by atoms with Crippen molar-refractivity contribution < 1.29 is 22.4 Å². The molecule has 2 atom stereocenters. The highest BCUT2D eigenvalue weighted by Gasteiger charge is 2.39. The molecule has 4 rings (SSSR count). The maximum atomic E-state index is 13.2. The second-order valence-corrected chi connectivity index (χ2v) is 8.35. The number of amides is 2. The van der Waals surface area contributed by atoms with Crippen LogP contribution in [0.5, 0.6) is 0 Å². The van der Waals surface area contributed by atoms with Crippen molar-refractivity contribution in [2.45, 2.75) is 63.0 Å². The minimum Gasteiger partial charge on any atom is -0.335 e. The number of urea groups is 1. The monoisotopic (exact) mass is 435 g/mol. The SMILES string of the molecule is O=C(Nc1ccccc1C(F)(F)F)NC1C[C@H]2CCC[C@H](C1)N2Cc1ccc(F)cc1. The number of piperidine rings is 2. The molecule has 2 saturated heterocycles. The fourth-order valence-corrected chi connectivity index (χ4v) is 4.84. The van der Waals surface area contributed by atoms with E-state index in [-0.39, 0.29) is 29.6 Å². The minimum atomic E-state index is -4.54. The molecule has 2 heterocycles. The Bertz CT molecular complexity index is 902. The van der Waals surface area contributed by atoms with Gasteiger partial charge in [0.05, 0.1) is 11.3 Å². The summed E-state index contributed by atoms with van der Waals surface area (Å²) in [4.78, 5) is 14.9. The first kappa shape index (κ1) is 21.6. The van der Waals surface area contributed by atoms with Gasteiger partial charge in [-0.05, 0) is 55.5 Å². The molecule has 2 aromatic rings. The quantitative estimate of drug-likeness (QED) is 0.619. The molecule has 2 fully saturated rings. The number of para-hydroxylation sites is 1. The Balaban J connectivity index is 1.38. The van der Waals surface area contributed by atoms with E-state index in [1.165, 1.54) is 30.3 Å². The number of hydrogen-bond acceptors (Lipinski definition) is 2. The molecule has 2 bridgehead atoms. The first-order valence-electron chi connectivity index (χ1n) is 10.5. The van der Waals surface area contributed by atoms with Gasteiger partial charge in [-0.1, -0.05) is 30.7 Å². The summed E-state index contributed by atoms with van der Waals surface area (Å²) in [5, 5.41) is 5.24. The van der Waals surface area contributed by atoms with Crippen molar-refractivity contribution in [3.8, 4) is 0 Å². The van der Waals surface area contributed by atoms with E-state index in [1.54, 1.807) is 12.1 Å². The zero-order valence-electron chi connectivity index (χ0n) is 17.0. The highest BCUT2D eigenvalue weighted by atomic mass is 19.4. The summed E-state index contributed by atoms with van der Waals surface area (Å²) < 4.78 is 52.7. The van der Waals surface area contributed by atoms with Gasteiger partial charge in [0.15, 0.2) is 0 Å². The Morgan fingerprint density at radius 3 is 2.29 bits per heavy atom. The Kier molecular flexibility index (Phi) is 6.18. The van der Waals surface area contributed by atoms with Crippen molar-refractivity contribution in [1.82, 2.24) is 10.2 Å². The van der Waals surface area contributed by atoms with Gasteiger partial charge in [-0.3, -0.25) is 4.90 Å². The molecule has 0 aromatic heterocycles. The van der Waals surface area contributed by atoms with Gasteiger partial charge in [0, 0.05) is 24.7 Å². The fraction of sp³-hybridized carbons (Fsp3) is 0.435. The molecular formula is C23H25F4N3O. The van der Waals surface area contributed by atoms with Crippen LogP contribution < -0.4 is 10.6 Å². The van der Waals surface area contributed by atoms with E-state index in [0.717, 1.165) is 50.3 Å². The van der Waals surface area contributed by atoms with Crippen molar-refractivity contribution >= 4 is 11.7 Å². The molecule has 166 valence electrons. The summed E-state index contributed by atoms with van der Waals surface area (Å²) in [5.74, 6) is -0.259. The van der Waals surface area contributed by atoms with Crippen LogP contribution in [0.15, 0.2) is 48.5 Å². The maximum absolute atomic E-state index is 13.2. The first-order valence-corrected chi connectivity index (χ1v) is 10.5. The van der Waals surface area contributed by atoms with Crippen LogP contribution in [0.2, 0.25) is 0 Å². The number of hydrogen-bond donors (Lipinski definition) is 2. The second-order valence-electron chi connectivity index (χ2n) is 8.35. The average Bonchev–Trinajstić information content (AvgIpc) is 2.70. The average molecular weight is 435 g/mol. The Morgan fingerprint density at radius 2 is 1.65 bits per heavy atom. The Morgan fingerprint density at radius 1 is 1.00 bits per heavy atom. The van der Waals surface area contributed by atoms with Crippen molar-refractivity contribution in [2.75, 3.05) is 5.32 Å². The molecule has 2 aliphatic heterocycles. The van der Waals surface area contributed by atoms with Gasteiger partial charge in [0.25, 0.3) is 0 Å². The predicted molar refractivity (Wildman–Crippen MR) is 110 cm³/mol. The van der Waals surface area contributed by atoms with Gasteiger partial charge in [-0.2, -0.15) is 13.2 Å². The van der Waals surface area contributed by atoms with Crippen molar-refractivity contribution in [1.29, 1.82) is 0 Å². The lowest BCUT2D eigenvalue weighted by Crippen LogP contribution is -2.56. The van der Waals surface area contributed by atoms with Crippen LogP contribution >= 0.6 is 0 Å². The third-order valence-corrected chi connectivity index (χ3v) is 6.22. The van der Waals surface area contributed by atoms with Crippen LogP contribution in [-0.4, -0.2) is 29.1 Å². The number of fused-ring (bicyclic) bond motifs is 2. The lowest BCUT2D eigenvalue weighted by molar-refractivity contribution is -0.136. The number of anilines is 1. The Hall–Kier alpha value is -2.61. The minimum absolute atomic E-state index is 0.0992. The number of benzene rings is 2. The molecular weight excluding hydrogens is 410 g/mol. The van der Waals surface area contributed by atoms with Gasteiger partial charge >= 0.3 is 12.2 Å². The number of nitrogens with zero attached hydrogens (tertiary/aromatic N) is 1. The molecule has 2 aliphatic rings. The lowest BCUT2D eigenvalue weighted by atomic mass is 9.81. The number of carbonyl (C=O) groups excluding carboxylic acids is 1. The summed E-state index contributed by atoms with van der Waals surface area (Å²) in [7, 11) is 0. The largest absolute Gasteiger partial charge is 0.418 e. The molecule has 2 aromatic carbocycles. The van der Waals surface area contributed by atoms with E-state index in [9.17, 15) is 22.4 Å². The molecule has 0 saturated carbocycles. The number of carbonyl (C=O) groups is 1. The van der Waals surface area contributed by atoms with Crippen molar-refractivity contribution in [2.24, 2.45) is 0 Å². The van der Waals surface area contributed by atoms with E-state index in [2.05, 4.69) is 15.5 Å². The third-order valence-electron chi connectivity index (χ3n) is 6.22. The molecule has 0 radical (unpaired) electrons. The smallest absolute Gasteiger partial charge is 0.335 e. The second kappa shape index (κ2) is 8.86. The van der Waals surface area contributed by atoms with Gasteiger partial charge in [-0.25, -0.2) is 9.18 Å². The molecule has 0 spiro atoms. The zero-order valence-corrected chi connectivity index (χ0v) is 17.0. The molecule has 2 N–H and O–H groups in total. The molecule has 4 nitrogen and oxygen atoms in total. The van der Waals surface area contributed by atoms with Crippen LogP contribution in [0.4, 0.5) is 28.0 Å². The summed E-state index contributed by atoms with van der Waals surface area (Å²) in [6.45, 7) is 0.730. The number of rotatable bonds is 4. The molecule has 0 aliphatic carbocycles. The van der Waals surface area contributed by atoms with Crippen molar-refractivity contribution in [3.05, 3.63) is 65.5 Å². The predicted octanol–water partition coefficient (Wildman–Crippen LogP) is 5.55. The van der Waals surface area contributed by atoms with E-state index in [4.69, 9.17) is 0 Å². The number of nitrogens with one attached hydrogen (secondary N) is 2. The molecule has 2 amide bonds. The summed E-state index contributed by atoms with van der Waals surface area (Å²) in [6, 6.07) is 11.3. The van der Waals surface area contributed by atoms with Crippen LogP contribution in [0.3, 0.4) is 0 Å². The highest BCUT2D eigenvalue weighted by molar-refractivity contribution is 5.90. The van der Waals surface area contributed by atoms with E-state index in [0.29, 0.717) is 0 Å². The van der Waals surface area contributed by atoms with Crippen LogP contribution in [0, 0.1) is 5.82 Å². The maximum Gasteiger partial charge on any atom is 0.418 e. The normalized spacial score (nSPS) is 23.9. The number of halogens is 4. The Labute approximate surface area is 178 Å². The number of alkyl halides is 3. The van der Waals surface area contributed by atoms with Crippen LogP contribution in [0.25, 0.3) is 0 Å². The van der Waals surface area contributed by atoms with E-state index in [1.807, 2.05) is 0 Å². The topological polar surface area (TPSA) is 44.4 Å². The van der Waals surface area contributed by atoms with Gasteiger partial charge in [-0.15, -0.1) is 0 Å². The lowest BCUT2D eigenvalue weighted by Gasteiger charge is -2.49. The summed E-state index contributed by atoms with van der Waals surface area (Å²) in [6.07, 6.45) is 0.0839. The van der Waals surface area contributed by atoms with E-state index < -0.39 is 17.8 Å². The first-order chi connectivity index (χ1) is 14.8. The van der Waals surface area contributed by atoms with Gasteiger partial charge in [0.2, 0.25) is 0 Å². The third kappa shape index (κ3) is 5.18. The fourth-order valence-electron chi connectivity index (χ4n) is 4.84. The van der Waals surface area contributed by atoms with Gasteiger partial charge < -0.3 is 10.6 Å². The standard InChI is InChI=1S/C23H25F4N3O/c24-16-10-8-15(9-11-16)14-30-18-4-3-5-19(30)13-17(12-18)28-22(31)29-21-7-2-1-6-20(21)23(25,26)27/h1-2,6-11,17-19H,3-5,12-14H2,(H2,28,29,31)/t18-,19-/m1/s1. The highest BCUT2D eigenvalue weighted by Crippen LogP contribution is 2.36. The van der Waals surface area contributed by atoms with Crippen molar-refractivity contribution in [3.63, 3.8) is 0 Å². The summed E-state index contributed by atoms with van der Waals surface area (Å²) >= 11 is 0. The van der Waals surface area contributed by atoms with Gasteiger partial charge in [0.1, 0.15) is 5.82 Å². The zero-order chi connectivity index (χ0) is 22.0. The molecule has 8 heteroatoms. The molecule has 31 heavy (non-hydrogen) atoms. The summed E-state index contributed by atoms with van der Waals surface area (Å²) in [5.41, 5.74) is -0.0659. The van der Waals surface area contributed by atoms with Crippen LogP contribution in [0.1, 0.15) is 43.2 Å². The van der Waals surface area contributed by atoms with E-state index >= 15 is 0 Å².